The molecule has 0 spiro atoms. The summed E-state index contributed by atoms with van der Waals surface area (Å²) in [4.78, 5) is 9.73. The third-order valence-corrected chi connectivity index (χ3v) is 6.28. The van der Waals surface area contributed by atoms with Gasteiger partial charge in [0.1, 0.15) is 0 Å². The highest BCUT2D eigenvalue weighted by atomic mass is 127. The van der Waals surface area contributed by atoms with Gasteiger partial charge >= 0.3 is 0 Å². The molecule has 2 aliphatic heterocycles. The first kappa shape index (κ1) is 20.3. The fourth-order valence-corrected chi connectivity index (χ4v) is 4.88. The molecule has 0 amide bonds. The summed E-state index contributed by atoms with van der Waals surface area (Å²) >= 11 is 0. The molecule has 2 unspecified atom stereocenters. The van der Waals surface area contributed by atoms with Gasteiger partial charge in [0.2, 0.25) is 0 Å². The van der Waals surface area contributed by atoms with Crippen LogP contribution in [-0.2, 0) is 0 Å². The number of fused-ring (bicyclic) bond motifs is 1. The highest BCUT2D eigenvalue weighted by Crippen LogP contribution is 2.35. The number of guanidine groups is 1. The lowest BCUT2D eigenvalue weighted by Crippen LogP contribution is -2.44. The minimum atomic E-state index is 0. The predicted octanol–water partition coefficient (Wildman–Crippen LogP) is 3.42. The van der Waals surface area contributed by atoms with E-state index in [0.29, 0.717) is 0 Å². The van der Waals surface area contributed by atoms with Crippen LogP contribution in [0.25, 0.3) is 0 Å². The molecule has 1 aliphatic carbocycles. The van der Waals surface area contributed by atoms with E-state index in [0.717, 1.165) is 30.3 Å². The van der Waals surface area contributed by atoms with Crippen LogP contribution in [0.5, 0.6) is 0 Å². The van der Waals surface area contributed by atoms with Crippen LogP contribution in [0.2, 0.25) is 0 Å². The van der Waals surface area contributed by atoms with Crippen LogP contribution in [0.1, 0.15) is 51.9 Å². The molecule has 5 heteroatoms. The maximum atomic E-state index is 4.58. The normalized spacial score (nSPS) is 29.2. The van der Waals surface area contributed by atoms with E-state index >= 15 is 0 Å². The first-order valence-electron chi connectivity index (χ1n) is 9.98. The molecule has 4 nitrogen and oxygen atoms in total. The second-order valence-electron chi connectivity index (χ2n) is 7.92. The Balaban J connectivity index is 0.00000208. The van der Waals surface area contributed by atoms with Gasteiger partial charge in [-0.25, -0.2) is 0 Å². The maximum absolute atomic E-state index is 4.58. The number of hydrogen-bond donors (Lipinski definition) is 1. The predicted molar refractivity (Wildman–Crippen MR) is 113 cm³/mol. The zero-order valence-electron chi connectivity index (χ0n) is 15.7. The van der Waals surface area contributed by atoms with Crippen molar-refractivity contribution in [3.8, 4) is 0 Å². The molecule has 1 N–H and O–H groups in total. The van der Waals surface area contributed by atoms with E-state index in [4.69, 9.17) is 0 Å². The highest BCUT2D eigenvalue weighted by molar-refractivity contribution is 14.0. The molecule has 0 aromatic carbocycles. The van der Waals surface area contributed by atoms with Gasteiger partial charge in [-0.3, -0.25) is 4.99 Å². The van der Waals surface area contributed by atoms with Gasteiger partial charge in [0.15, 0.2) is 5.96 Å². The van der Waals surface area contributed by atoms with Crippen molar-refractivity contribution in [1.29, 1.82) is 0 Å². The van der Waals surface area contributed by atoms with Crippen molar-refractivity contribution in [2.24, 2.45) is 22.7 Å². The minimum Gasteiger partial charge on any atom is -0.356 e. The number of hydrogen-bond acceptors (Lipinski definition) is 2. The molecule has 2 heterocycles. The third kappa shape index (κ3) is 5.23. The van der Waals surface area contributed by atoms with Crippen molar-refractivity contribution in [3.05, 3.63) is 0 Å². The number of rotatable bonds is 4. The average molecular weight is 448 g/mol. The van der Waals surface area contributed by atoms with Gasteiger partial charge in [0.25, 0.3) is 0 Å². The van der Waals surface area contributed by atoms with Gasteiger partial charge in [-0.05, 0) is 69.5 Å². The minimum absolute atomic E-state index is 0. The zero-order chi connectivity index (χ0) is 16.1. The highest BCUT2D eigenvalue weighted by Gasteiger charge is 2.35. The smallest absolute Gasteiger partial charge is 0.193 e. The maximum Gasteiger partial charge on any atom is 0.193 e. The van der Waals surface area contributed by atoms with E-state index in [1.54, 1.807) is 0 Å². The largest absolute Gasteiger partial charge is 0.356 e. The SMILES string of the molecule is CCCN1CCC(CNC(=NC)N2CC3CCCCC3C2)CC1.I. The lowest BCUT2D eigenvalue weighted by molar-refractivity contribution is 0.185. The summed E-state index contributed by atoms with van der Waals surface area (Å²) in [6.07, 6.45) is 9.73. The van der Waals surface area contributed by atoms with Crippen LogP contribution in [0, 0.1) is 17.8 Å². The Morgan fingerprint density at radius 2 is 1.67 bits per heavy atom. The molecule has 0 aromatic heterocycles. The van der Waals surface area contributed by atoms with Crippen molar-refractivity contribution in [2.75, 3.05) is 46.3 Å². The topological polar surface area (TPSA) is 30.9 Å². The molecule has 2 atom stereocenters. The Morgan fingerprint density at radius 3 is 2.21 bits per heavy atom. The lowest BCUT2D eigenvalue weighted by Gasteiger charge is -2.32. The molecular formula is C19H37IN4. The number of aliphatic imine (C=N–C) groups is 1. The third-order valence-electron chi connectivity index (χ3n) is 6.28. The van der Waals surface area contributed by atoms with Crippen LogP contribution in [0.3, 0.4) is 0 Å². The van der Waals surface area contributed by atoms with Crippen LogP contribution < -0.4 is 5.32 Å². The molecule has 3 fully saturated rings. The Morgan fingerprint density at radius 1 is 1.04 bits per heavy atom. The van der Waals surface area contributed by atoms with Crippen molar-refractivity contribution in [3.63, 3.8) is 0 Å². The summed E-state index contributed by atoms with van der Waals surface area (Å²) < 4.78 is 0. The molecule has 0 radical (unpaired) electrons. The van der Waals surface area contributed by atoms with Gasteiger partial charge < -0.3 is 15.1 Å². The van der Waals surface area contributed by atoms with Crippen molar-refractivity contribution in [2.45, 2.75) is 51.9 Å². The van der Waals surface area contributed by atoms with Crippen LogP contribution in [-0.4, -0.2) is 62.1 Å². The van der Waals surface area contributed by atoms with Gasteiger partial charge in [-0.2, -0.15) is 0 Å². The van der Waals surface area contributed by atoms with Crippen LogP contribution in [0.4, 0.5) is 0 Å². The second kappa shape index (κ2) is 10.2. The monoisotopic (exact) mass is 448 g/mol. The molecule has 2 saturated heterocycles. The Kier molecular flexibility index (Phi) is 8.61. The van der Waals surface area contributed by atoms with E-state index in [9.17, 15) is 0 Å². The molecule has 0 aromatic rings. The summed E-state index contributed by atoms with van der Waals surface area (Å²) in [6, 6.07) is 0. The Bertz CT molecular complexity index is 379. The average Bonchev–Trinajstić information content (AvgIpc) is 3.01. The van der Waals surface area contributed by atoms with Crippen LogP contribution >= 0.6 is 24.0 Å². The molecule has 0 bridgehead atoms. The van der Waals surface area contributed by atoms with Crippen molar-refractivity contribution in [1.82, 2.24) is 15.1 Å². The summed E-state index contributed by atoms with van der Waals surface area (Å²) in [5.41, 5.74) is 0. The van der Waals surface area contributed by atoms with Gasteiger partial charge in [0, 0.05) is 26.7 Å². The van der Waals surface area contributed by atoms with Gasteiger partial charge in [-0.15, -0.1) is 24.0 Å². The van der Waals surface area contributed by atoms with Gasteiger partial charge in [-0.1, -0.05) is 19.8 Å². The first-order valence-corrected chi connectivity index (χ1v) is 9.98. The van der Waals surface area contributed by atoms with Gasteiger partial charge in [0.05, 0.1) is 0 Å². The zero-order valence-corrected chi connectivity index (χ0v) is 18.0. The fraction of sp³-hybridized carbons (Fsp3) is 0.947. The number of halogens is 1. The second-order valence-corrected chi connectivity index (χ2v) is 7.92. The summed E-state index contributed by atoms with van der Waals surface area (Å²) in [6.45, 7) is 9.71. The van der Waals surface area contributed by atoms with E-state index in [-0.39, 0.29) is 24.0 Å². The number of nitrogens with one attached hydrogen (secondary N) is 1. The molecule has 1 saturated carbocycles. The van der Waals surface area contributed by atoms with Crippen molar-refractivity contribution >= 4 is 29.9 Å². The molecule has 3 rings (SSSR count). The fourth-order valence-electron chi connectivity index (χ4n) is 4.88. The lowest BCUT2D eigenvalue weighted by atomic mass is 9.82. The van der Waals surface area contributed by atoms with E-state index in [1.165, 1.54) is 77.7 Å². The Hall–Kier alpha value is -0.0400. The molecule has 3 aliphatic rings. The number of nitrogens with zero attached hydrogens (tertiary/aromatic N) is 3. The molecule has 24 heavy (non-hydrogen) atoms. The molecular weight excluding hydrogens is 411 g/mol. The quantitative estimate of drug-likeness (QED) is 0.406. The summed E-state index contributed by atoms with van der Waals surface area (Å²) in [7, 11) is 1.95. The van der Waals surface area contributed by atoms with Crippen LogP contribution in [0.15, 0.2) is 4.99 Å². The van der Waals surface area contributed by atoms with E-state index in [2.05, 4.69) is 27.0 Å². The molecule has 140 valence electrons. The summed E-state index contributed by atoms with van der Waals surface area (Å²) in [5, 5.41) is 3.70. The Labute approximate surface area is 165 Å². The number of piperidine rings is 1. The first-order chi connectivity index (χ1) is 11.3. The standard InChI is InChI=1S/C19H36N4.HI/c1-3-10-22-11-8-16(9-12-22)13-21-19(20-2)23-14-17-6-4-5-7-18(17)15-23;/h16-18H,3-15H2,1-2H3,(H,20,21);1H. The number of likely N-dealkylation sites (tertiary alicyclic amines) is 2. The van der Waals surface area contributed by atoms with E-state index in [1.807, 2.05) is 7.05 Å². The van der Waals surface area contributed by atoms with E-state index < -0.39 is 0 Å². The van der Waals surface area contributed by atoms with Crippen molar-refractivity contribution < 1.29 is 0 Å². The summed E-state index contributed by atoms with van der Waals surface area (Å²) in [5.74, 6) is 3.85.